The quantitative estimate of drug-likeness (QED) is 0.401. The number of para-hydroxylation sites is 1. The van der Waals surface area contributed by atoms with E-state index in [0.717, 1.165) is 12.0 Å². The second-order valence-electron chi connectivity index (χ2n) is 6.69. The molecule has 0 bridgehead atoms. The number of anilines is 3. The number of aromatic nitrogens is 5. The van der Waals surface area contributed by atoms with E-state index in [1.54, 1.807) is 18.2 Å². The molecule has 4 aromatic rings. The molecular formula is C20H21N7O2. The van der Waals surface area contributed by atoms with Gasteiger partial charge in [-0.2, -0.15) is 15.4 Å². The molecule has 0 aliphatic heterocycles. The third-order valence-corrected chi connectivity index (χ3v) is 4.80. The molecule has 0 fully saturated rings. The number of aromatic amines is 2. The van der Waals surface area contributed by atoms with Crippen LogP contribution >= 0.6 is 0 Å². The minimum absolute atomic E-state index is 0.130. The molecule has 0 aliphatic rings. The highest BCUT2D eigenvalue weighted by Gasteiger charge is 2.19. The summed E-state index contributed by atoms with van der Waals surface area (Å²) < 4.78 is 1.17. The Kier molecular flexibility index (Phi) is 4.86. The van der Waals surface area contributed by atoms with Gasteiger partial charge in [0.2, 0.25) is 0 Å². The fourth-order valence-electron chi connectivity index (χ4n) is 3.28. The van der Waals surface area contributed by atoms with Gasteiger partial charge < -0.3 is 10.6 Å². The molecule has 148 valence electrons. The molecule has 2 aromatic heterocycles. The second kappa shape index (κ2) is 7.63. The molecule has 9 nitrogen and oxygen atoms in total. The van der Waals surface area contributed by atoms with Crippen molar-refractivity contribution in [1.82, 2.24) is 25.2 Å². The lowest BCUT2D eigenvalue weighted by Gasteiger charge is -2.21. The van der Waals surface area contributed by atoms with Crippen molar-refractivity contribution in [3.8, 4) is 0 Å². The van der Waals surface area contributed by atoms with Gasteiger partial charge in [0.1, 0.15) is 22.4 Å². The van der Waals surface area contributed by atoms with Gasteiger partial charge in [-0.3, -0.25) is 19.4 Å². The first-order valence-electron chi connectivity index (χ1n) is 9.29. The number of H-pyrrole nitrogens is 2. The Morgan fingerprint density at radius 1 is 1.03 bits per heavy atom. The highest BCUT2D eigenvalue weighted by Crippen LogP contribution is 2.27. The second-order valence-corrected chi connectivity index (χ2v) is 6.69. The van der Waals surface area contributed by atoms with Crippen molar-refractivity contribution < 1.29 is 0 Å². The number of benzene rings is 2. The van der Waals surface area contributed by atoms with Crippen LogP contribution in [0.15, 0.2) is 58.1 Å². The summed E-state index contributed by atoms with van der Waals surface area (Å²) in [6.07, 6.45) is 0.734. The van der Waals surface area contributed by atoms with Crippen LogP contribution in [0, 0.1) is 0 Å². The minimum Gasteiger partial charge on any atom is -0.372 e. The number of fused-ring (bicyclic) bond motifs is 1. The van der Waals surface area contributed by atoms with Crippen LogP contribution in [0.2, 0.25) is 0 Å². The molecule has 2 aromatic carbocycles. The van der Waals surface area contributed by atoms with Gasteiger partial charge in [0.25, 0.3) is 11.1 Å². The van der Waals surface area contributed by atoms with Crippen LogP contribution in [0.3, 0.4) is 0 Å². The fraction of sp³-hybridized carbons (Fsp3) is 0.200. The third-order valence-electron chi connectivity index (χ3n) is 4.80. The number of hydrogen-bond donors (Lipinski definition) is 4. The van der Waals surface area contributed by atoms with E-state index in [-0.39, 0.29) is 23.0 Å². The molecule has 29 heavy (non-hydrogen) atoms. The number of hydrogen-bond acceptors (Lipinski definition) is 6. The highest BCUT2D eigenvalue weighted by molar-refractivity contribution is 5.90. The first-order chi connectivity index (χ1) is 14.1. The van der Waals surface area contributed by atoms with Gasteiger partial charge in [-0.25, -0.2) is 0 Å². The summed E-state index contributed by atoms with van der Waals surface area (Å²) in [6, 6.07) is 15.1. The van der Waals surface area contributed by atoms with Crippen molar-refractivity contribution in [3.05, 3.63) is 74.8 Å². The first-order valence-corrected chi connectivity index (χ1v) is 9.29. The van der Waals surface area contributed by atoms with Gasteiger partial charge in [0, 0.05) is 7.05 Å². The smallest absolute Gasteiger partial charge is 0.290 e. The summed E-state index contributed by atoms with van der Waals surface area (Å²) in [6.45, 7) is 2.02. The fourth-order valence-corrected chi connectivity index (χ4v) is 3.28. The van der Waals surface area contributed by atoms with E-state index in [9.17, 15) is 9.59 Å². The Labute approximate surface area is 165 Å². The number of nitrogens with zero attached hydrogens (tertiary/aromatic N) is 3. The van der Waals surface area contributed by atoms with Crippen LogP contribution < -0.4 is 21.8 Å². The molecule has 0 aliphatic carbocycles. The molecule has 1 atom stereocenters. The van der Waals surface area contributed by atoms with Gasteiger partial charge in [-0.15, -0.1) is 0 Å². The standard InChI is InChI=1S/C20H21N7O2/c1-3-13(12-8-5-4-6-9-12)21-18-17(19(28)25-27(2)20(18)29)22-14-10-7-11-15-16(14)24-26-23-15/h4-11,13,21-22H,3H2,1-2H3,(H,25,28)(H,23,24,26)/t13-/m1/s1. The Morgan fingerprint density at radius 2 is 1.83 bits per heavy atom. The SMILES string of the molecule is CC[C@@H](Nc1c(Nc2cccc3n[nH]nc23)c(=O)[nH]n(C)c1=O)c1ccccc1. The molecule has 0 amide bonds. The van der Waals surface area contributed by atoms with Gasteiger partial charge in [-0.05, 0) is 24.1 Å². The lowest BCUT2D eigenvalue weighted by atomic mass is 10.0. The van der Waals surface area contributed by atoms with Crippen molar-refractivity contribution in [3.63, 3.8) is 0 Å². The average molecular weight is 391 g/mol. The largest absolute Gasteiger partial charge is 0.372 e. The van der Waals surface area contributed by atoms with Crippen LogP contribution in [-0.2, 0) is 7.05 Å². The third kappa shape index (κ3) is 3.49. The van der Waals surface area contributed by atoms with Gasteiger partial charge in [0.15, 0.2) is 0 Å². The molecule has 2 heterocycles. The Hall–Kier alpha value is -3.88. The van der Waals surface area contributed by atoms with Crippen molar-refractivity contribution in [2.45, 2.75) is 19.4 Å². The average Bonchev–Trinajstić information content (AvgIpc) is 3.22. The Morgan fingerprint density at radius 3 is 2.59 bits per heavy atom. The number of nitrogens with one attached hydrogen (secondary N) is 4. The van der Waals surface area contributed by atoms with Crippen LogP contribution in [0.25, 0.3) is 11.0 Å². The van der Waals surface area contributed by atoms with Crippen LogP contribution in [0.5, 0.6) is 0 Å². The van der Waals surface area contributed by atoms with Crippen LogP contribution in [0.4, 0.5) is 17.1 Å². The van der Waals surface area contributed by atoms with Crippen molar-refractivity contribution in [1.29, 1.82) is 0 Å². The van der Waals surface area contributed by atoms with E-state index in [1.165, 1.54) is 11.7 Å². The number of aryl methyl sites for hydroxylation is 1. The highest BCUT2D eigenvalue weighted by atomic mass is 16.2. The van der Waals surface area contributed by atoms with Crippen LogP contribution in [-0.4, -0.2) is 25.2 Å². The zero-order valence-corrected chi connectivity index (χ0v) is 16.1. The van der Waals surface area contributed by atoms with Gasteiger partial charge in [-0.1, -0.05) is 43.3 Å². The molecule has 0 unspecified atom stereocenters. The van der Waals surface area contributed by atoms with Gasteiger partial charge >= 0.3 is 0 Å². The summed E-state index contributed by atoms with van der Waals surface area (Å²) in [5.41, 5.74) is 2.42. The Balaban J connectivity index is 1.80. The lowest BCUT2D eigenvalue weighted by molar-refractivity contribution is 0.685. The van der Waals surface area contributed by atoms with E-state index in [0.29, 0.717) is 16.7 Å². The normalized spacial score (nSPS) is 12.1. The molecule has 0 saturated heterocycles. The minimum atomic E-state index is -0.419. The maximum atomic E-state index is 12.9. The predicted molar refractivity (Wildman–Crippen MR) is 113 cm³/mol. The van der Waals surface area contributed by atoms with Gasteiger partial charge in [0.05, 0.1) is 11.7 Å². The maximum Gasteiger partial charge on any atom is 0.290 e. The van der Waals surface area contributed by atoms with E-state index in [2.05, 4.69) is 31.1 Å². The summed E-state index contributed by atoms with van der Waals surface area (Å²) in [5.74, 6) is 0. The molecule has 4 N–H and O–H groups in total. The van der Waals surface area contributed by atoms with Crippen molar-refractivity contribution >= 4 is 28.1 Å². The zero-order valence-electron chi connectivity index (χ0n) is 16.1. The number of rotatable bonds is 6. The zero-order chi connectivity index (χ0) is 20.4. The van der Waals surface area contributed by atoms with E-state index < -0.39 is 5.56 Å². The van der Waals surface area contributed by atoms with Crippen molar-refractivity contribution in [2.75, 3.05) is 10.6 Å². The molecule has 0 radical (unpaired) electrons. The summed E-state index contributed by atoms with van der Waals surface area (Å²) in [7, 11) is 1.51. The summed E-state index contributed by atoms with van der Waals surface area (Å²) in [4.78, 5) is 25.6. The Bertz CT molecular complexity index is 1260. The van der Waals surface area contributed by atoms with Crippen molar-refractivity contribution in [2.24, 2.45) is 7.05 Å². The lowest BCUT2D eigenvalue weighted by Crippen LogP contribution is -2.32. The summed E-state index contributed by atoms with van der Waals surface area (Å²) in [5, 5.41) is 19.6. The van der Waals surface area contributed by atoms with E-state index in [1.807, 2.05) is 37.3 Å². The van der Waals surface area contributed by atoms with E-state index in [4.69, 9.17) is 0 Å². The molecule has 0 spiro atoms. The molecular weight excluding hydrogens is 370 g/mol. The van der Waals surface area contributed by atoms with E-state index >= 15 is 0 Å². The monoisotopic (exact) mass is 391 g/mol. The molecule has 0 saturated carbocycles. The molecule has 9 heteroatoms. The summed E-state index contributed by atoms with van der Waals surface area (Å²) >= 11 is 0. The molecule has 4 rings (SSSR count). The maximum absolute atomic E-state index is 12.9. The predicted octanol–water partition coefficient (Wildman–Crippen LogP) is 2.65. The first kappa shape index (κ1) is 18.5. The topological polar surface area (TPSA) is 120 Å². The van der Waals surface area contributed by atoms with Crippen LogP contribution in [0.1, 0.15) is 24.9 Å².